The van der Waals surface area contributed by atoms with Gasteiger partial charge in [0, 0.05) is 16.8 Å². The van der Waals surface area contributed by atoms with E-state index < -0.39 is 11.9 Å². The molecular formula is C18H11ClF3N5O. The first-order chi connectivity index (χ1) is 13.4. The maximum atomic E-state index is 13.4. The molecule has 0 spiro atoms. The summed E-state index contributed by atoms with van der Waals surface area (Å²) in [5.41, 5.74) is 2.68. The molecule has 0 radical (unpaired) electrons. The molecular weight excluding hydrogens is 395 g/mol. The van der Waals surface area contributed by atoms with Crippen LogP contribution in [0.15, 0.2) is 61.1 Å². The van der Waals surface area contributed by atoms with E-state index in [1.54, 1.807) is 48.8 Å². The van der Waals surface area contributed by atoms with Gasteiger partial charge in [0.25, 0.3) is 0 Å². The highest BCUT2D eigenvalue weighted by Crippen LogP contribution is 2.32. The average molecular weight is 406 g/mol. The second kappa shape index (κ2) is 7.10. The first-order valence-corrected chi connectivity index (χ1v) is 8.34. The molecule has 0 aliphatic carbocycles. The van der Waals surface area contributed by atoms with E-state index in [4.69, 9.17) is 16.4 Å². The molecule has 1 aliphatic heterocycles. The number of rotatable bonds is 3. The van der Waals surface area contributed by atoms with Crippen LogP contribution in [0.3, 0.4) is 0 Å². The highest BCUT2D eigenvalue weighted by Gasteiger charge is 2.35. The van der Waals surface area contributed by atoms with Crippen molar-refractivity contribution in [2.24, 2.45) is 0 Å². The van der Waals surface area contributed by atoms with Crippen LogP contribution in [0.2, 0.25) is 5.02 Å². The minimum Gasteiger partial charge on any atom is -0.383 e. The number of pyridine rings is 1. The lowest BCUT2D eigenvalue weighted by atomic mass is 10.1. The normalized spacial score (nSPS) is 14.0. The summed E-state index contributed by atoms with van der Waals surface area (Å²) < 4.78 is 40.1. The van der Waals surface area contributed by atoms with E-state index in [2.05, 4.69) is 20.5 Å². The van der Waals surface area contributed by atoms with Crippen LogP contribution in [0, 0.1) is 0 Å². The van der Waals surface area contributed by atoms with Gasteiger partial charge in [-0.3, -0.25) is 4.98 Å². The maximum Gasteiger partial charge on any atom is 0.433 e. The summed E-state index contributed by atoms with van der Waals surface area (Å²) in [7, 11) is 0. The number of hydrogen-bond donors (Lipinski definition) is 1. The minimum atomic E-state index is -4.64. The van der Waals surface area contributed by atoms with Crippen molar-refractivity contribution in [3.8, 4) is 11.3 Å². The molecule has 10 heteroatoms. The lowest BCUT2D eigenvalue weighted by Gasteiger charge is -2.12. The number of hydrazine groups is 1. The predicted octanol–water partition coefficient (Wildman–Crippen LogP) is 4.47. The standard InChI is InChI=1S/C18H11ClF3N5O/c19-12-5-3-11(4-6-12)14-8-16(18(20,21)22)25-17(24-14)15-10-27(26-28-15)13-2-1-7-23-9-13/h1-10,26H. The molecule has 0 saturated carbocycles. The van der Waals surface area contributed by atoms with Crippen molar-refractivity contribution >= 4 is 23.0 Å². The fourth-order valence-corrected chi connectivity index (χ4v) is 2.59. The zero-order valence-electron chi connectivity index (χ0n) is 14.0. The Hall–Kier alpha value is -3.17. The van der Waals surface area contributed by atoms with Crippen LogP contribution in [-0.4, -0.2) is 15.0 Å². The summed E-state index contributed by atoms with van der Waals surface area (Å²) >= 11 is 5.85. The quantitative estimate of drug-likeness (QED) is 0.694. The molecule has 4 rings (SSSR count). The molecule has 0 bridgehead atoms. The number of halogens is 4. The van der Waals surface area contributed by atoms with Gasteiger partial charge >= 0.3 is 6.18 Å². The minimum absolute atomic E-state index is 0.0326. The summed E-state index contributed by atoms with van der Waals surface area (Å²) in [4.78, 5) is 17.1. The Morgan fingerprint density at radius 3 is 2.54 bits per heavy atom. The van der Waals surface area contributed by atoms with Gasteiger partial charge < -0.3 is 4.84 Å². The van der Waals surface area contributed by atoms with Crippen molar-refractivity contribution < 1.29 is 18.0 Å². The smallest absolute Gasteiger partial charge is 0.383 e. The monoisotopic (exact) mass is 405 g/mol. The van der Waals surface area contributed by atoms with Crippen LogP contribution >= 0.6 is 11.6 Å². The van der Waals surface area contributed by atoms with E-state index in [0.29, 0.717) is 16.3 Å². The molecule has 1 N–H and O–H groups in total. The molecule has 0 unspecified atom stereocenters. The third kappa shape index (κ3) is 3.75. The molecule has 0 saturated heterocycles. The number of anilines is 1. The summed E-state index contributed by atoms with van der Waals surface area (Å²) in [6.07, 6.45) is -0.0477. The third-order valence-electron chi connectivity index (χ3n) is 3.80. The second-order valence-electron chi connectivity index (χ2n) is 5.73. The van der Waals surface area contributed by atoms with Gasteiger partial charge in [0.15, 0.2) is 0 Å². The molecule has 0 atom stereocenters. The van der Waals surface area contributed by atoms with Gasteiger partial charge in [0.05, 0.1) is 23.8 Å². The van der Waals surface area contributed by atoms with Gasteiger partial charge in [-0.25, -0.2) is 15.0 Å². The number of aromatic nitrogens is 3. The van der Waals surface area contributed by atoms with Crippen LogP contribution in [0.25, 0.3) is 17.0 Å². The van der Waals surface area contributed by atoms with Gasteiger partial charge in [-0.15, -0.1) is 0 Å². The summed E-state index contributed by atoms with van der Waals surface area (Å²) in [5.74, 6) is -0.177. The van der Waals surface area contributed by atoms with Crippen LogP contribution in [0.1, 0.15) is 11.5 Å². The van der Waals surface area contributed by atoms with Gasteiger partial charge in [-0.1, -0.05) is 29.3 Å². The maximum absolute atomic E-state index is 13.4. The first kappa shape index (κ1) is 18.2. The topological polar surface area (TPSA) is 63.2 Å². The number of nitrogens with one attached hydrogen (secondary N) is 1. The lowest BCUT2D eigenvalue weighted by Crippen LogP contribution is -2.27. The molecule has 3 heterocycles. The summed E-state index contributed by atoms with van der Waals surface area (Å²) in [5, 5.41) is 1.92. The summed E-state index contributed by atoms with van der Waals surface area (Å²) in [6, 6.07) is 10.6. The molecule has 28 heavy (non-hydrogen) atoms. The zero-order chi connectivity index (χ0) is 19.7. The fraction of sp³-hybridized carbons (Fsp3) is 0.0556. The highest BCUT2D eigenvalue weighted by atomic mass is 35.5. The van der Waals surface area contributed by atoms with E-state index in [0.717, 1.165) is 6.07 Å². The largest absolute Gasteiger partial charge is 0.433 e. The predicted molar refractivity (Wildman–Crippen MR) is 96.4 cm³/mol. The third-order valence-corrected chi connectivity index (χ3v) is 4.05. The van der Waals surface area contributed by atoms with E-state index in [1.807, 2.05) is 0 Å². The van der Waals surface area contributed by atoms with Crippen LogP contribution in [0.4, 0.5) is 18.9 Å². The molecule has 6 nitrogen and oxygen atoms in total. The van der Waals surface area contributed by atoms with Crippen LogP contribution in [0.5, 0.6) is 0 Å². The Kier molecular flexibility index (Phi) is 4.62. The van der Waals surface area contributed by atoms with Crippen molar-refractivity contribution in [3.05, 3.63) is 77.6 Å². The SMILES string of the molecule is FC(F)(F)c1cc(-c2ccc(Cl)cc2)nc(C2=CN(c3cccnc3)NO2)n1. The Balaban J connectivity index is 1.76. The average Bonchev–Trinajstić information content (AvgIpc) is 3.18. The molecule has 1 aliphatic rings. The van der Waals surface area contributed by atoms with Gasteiger partial charge in [0.1, 0.15) is 5.69 Å². The van der Waals surface area contributed by atoms with Crippen molar-refractivity contribution in [2.75, 3.05) is 5.01 Å². The Morgan fingerprint density at radius 2 is 1.86 bits per heavy atom. The molecule has 3 aromatic rings. The zero-order valence-corrected chi connectivity index (χ0v) is 14.7. The molecule has 142 valence electrons. The van der Waals surface area contributed by atoms with Crippen molar-refractivity contribution in [2.45, 2.75) is 6.18 Å². The number of hydrogen-bond acceptors (Lipinski definition) is 6. The van der Waals surface area contributed by atoms with Crippen LogP contribution in [-0.2, 0) is 11.0 Å². The van der Waals surface area contributed by atoms with Gasteiger partial charge in [0.2, 0.25) is 11.6 Å². The lowest BCUT2D eigenvalue weighted by molar-refractivity contribution is -0.141. The van der Waals surface area contributed by atoms with Gasteiger partial charge in [-0.2, -0.15) is 13.2 Å². The van der Waals surface area contributed by atoms with Gasteiger partial charge in [-0.05, 0) is 30.3 Å². The second-order valence-corrected chi connectivity index (χ2v) is 6.17. The van der Waals surface area contributed by atoms with Crippen molar-refractivity contribution in [1.29, 1.82) is 0 Å². The van der Waals surface area contributed by atoms with E-state index in [1.165, 1.54) is 11.2 Å². The highest BCUT2D eigenvalue weighted by molar-refractivity contribution is 6.30. The van der Waals surface area contributed by atoms with E-state index >= 15 is 0 Å². The van der Waals surface area contributed by atoms with E-state index in [9.17, 15) is 13.2 Å². The number of alkyl halides is 3. The van der Waals surface area contributed by atoms with E-state index in [-0.39, 0.29) is 17.3 Å². The fourth-order valence-electron chi connectivity index (χ4n) is 2.47. The molecule has 1 aromatic carbocycles. The Morgan fingerprint density at radius 1 is 1.07 bits per heavy atom. The molecule has 0 amide bonds. The first-order valence-electron chi connectivity index (χ1n) is 7.96. The Labute approximate surface area is 162 Å². The number of nitrogens with zero attached hydrogens (tertiary/aromatic N) is 4. The number of benzene rings is 1. The Bertz CT molecular complexity index is 1030. The summed E-state index contributed by atoms with van der Waals surface area (Å²) in [6.45, 7) is 0. The van der Waals surface area contributed by atoms with Crippen LogP contribution < -0.4 is 10.6 Å². The van der Waals surface area contributed by atoms with Crippen molar-refractivity contribution in [3.63, 3.8) is 0 Å². The molecule has 2 aromatic heterocycles. The van der Waals surface area contributed by atoms with Crippen molar-refractivity contribution in [1.82, 2.24) is 20.5 Å². The molecule has 0 fully saturated rings.